The van der Waals surface area contributed by atoms with Crippen LogP contribution in [0.3, 0.4) is 0 Å². The molecule has 2 bridgehead atoms. The summed E-state index contributed by atoms with van der Waals surface area (Å²) in [6.07, 6.45) is 4.12. The number of fused-ring (bicyclic) bond motifs is 5. The lowest BCUT2D eigenvalue weighted by molar-refractivity contribution is -0.123. The van der Waals surface area contributed by atoms with Gasteiger partial charge in [-0.05, 0) is 71.7 Å². The molecule has 4 atom stereocenters. The van der Waals surface area contributed by atoms with E-state index in [9.17, 15) is 14.4 Å². The summed E-state index contributed by atoms with van der Waals surface area (Å²) >= 11 is 0. The highest BCUT2D eigenvalue weighted by Gasteiger charge is 2.62. The molecule has 1 heterocycles. The molecule has 2 amide bonds. The average Bonchev–Trinajstić information content (AvgIpc) is 3.62. The molecule has 0 N–H and O–H groups in total. The lowest BCUT2D eigenvalue weighted by Crippen LogP contribution is -2.33. The van der Waals surface area contributed by atoms with E-state index in [0.717, 1.165) is 33.8 Å². The van der Waals surface area contributed by atoms with Gasteiger partial charge in [0, 0.05) is 17.4 Å². The van der Waals surface area contributed by atoms with E-state index in [1.165, 1.54) is 18.9 Å². The average molecular weight is 536 g/mol. The van der Waals surface area contributed by atoms with Crippen molar-refractivity contribution in [3.05, 3.63) is 101 Å². The van der Waals surface area contributed by atoms with Crippen LogP contribution >= 0.6 is 0 Å². The number of hydrogen-bond donors (Lipinski definition) is 0. The first-order valence-electron chi connectivity index (χ1n) is 13.2. The van der Waals surface area contributed by atoms with Gasteiger partial charge in [0.05, 0.1) is 38.9 Å². The number of ether oxygens (including phenoxy) is 3. The smallest absolute Gasteiger partial charge is 0.238 e. The van der Waals surface area contributed by atoms with E-state index in [0.29, 0.717) is 17.0 Å². The molecule has 40 heavy (non-hydrogen) atoms. The molecule has 0 spiro atoms. The van der Waals surface area contributed by atoms with Crippen LogP contribution < -0.4 is 19.1 Å². The van der Waals surface area contributed by atoms with Crippen molar-refractivity contribution in [2.24, 2.45) is 23.7 Å². The maximum atomic E-state index is 14.0. The number of amides is 2. The van der Waals surface area contributed by atoms with Gasteiger partial charge in [-0.3, -0.25) is 14.4 Å². The molecule has 3 aliphatic rings. The molecule has 7 heteroatoms. The van der Waals surface area contributed by atoms with Gasteiger partial charge in [-0.2, -0.15) is 0 Å². The fourth-order valence-corrected chi connectivity index (χ4v) is 6.43. The van der Waals surface area contributed by atoms with Crippen molar-refractivity contribution in [2.75, 3.05) is 26.2 Å². The van der Waals surface area contributed by atoms with Crippen LogP contribution in [-0.2, 0) is 9.59 Å². The summed E-state index contributed by atoms with van der Waals surface area (Å²) in [5.74, 6) is -0.373. The largest absolute Gasteiger partial charge is 0.497 e. The van der Waals surface area contributed by atoms with Gasteiger partial charge in [-0.25, -0.2) is 4.90 Å². The molecule has 6 rings (SSSR count). The zero-order valence-electron chi connectivity index (χ0n) is 22.7. The number of imide groups is 1. The highest BCUT2D eigenvalue weighted by molar-refractivity contribution is 6.24. The minimum absolute atomic E-state index is 0.154. The Morgan fingerprint density at radius 2 is 1.15 bits per heavy atom. The van der Waals surface area contributed by atoms with Gasteiger partial charge in [0.1, 0.15) is 17.2 Å². The molecule has 3 aromatic rings. The van der Waals surface area contributed by atoms with Crippen LogP contribution in [0.15, 0.2) is 84.5 Å². The molecule has 2 fully saturated rings. The quantitative estimate of drug-likeness (QED) is 0.231. The minimum atomic E-state index is -0.533. The standard InChI is InChI=1S/C33H29NO6/c1-18(35)21-9-16-27(40-4)26(17-21)34-32(36)30-24-14-15-25(31(30)33(34)37)29(24)28(19-5-10-22(38-2)11-6-19)20-7-12-23(39-3)13-8-20/h5-17,24-25,30-31H,1-4H3/t24-,25-,30-,31-/m1/s1. The fraction of sp³-hybridized carbons (Fsp3) is 0.242. The molecular formula is C33H29NO6. The van der Waals surface area contributed by atoms with Crippen molar-refractivity contribution in [3.8, 4) is 17.2 Å². The van der Waals surface area contributed by atoms with Gasteiger partial charge in [0.15, 0.2) is 5.78 Å². The van der Waals surface area contributed by atoms with Crippen LogP contribution in [0.2, 0.25) is 0 Å². The predicted octanol–water partition coefficient (Wildman–Crippen LogP) is 5.34. The molecule has 7 nitrogen and oxygen atoms in total. The molecule has 1 saturated heterocycles. The number of rotatable bonds is 7. The highest BCUT2D eigenvalue weighted by Crippen LogP contribution is 2.59. The Hall–Kier alpha value is -4.65. The molecule has 202 valence electrons. The number of Topliss-reactive ketones (excluding diaryl/α,β-unsaturated/α-hetero) is 1. The SMILES string of the molecule is COc1ccc(C(=C2[C@H]3C=C[C@H]2[C@H]2C(=O)N(c4cc(C(C)=O)ccc4OC)C(=O)[C@@H]23)c2ccc(OC)cc2)cc1. The van der Waals surface area contributed by atoms with E-state index in [-0.39, 0.29) is 29.4 Å². The Balaban J connectivity index is 1.47. The number of hydrogen-bond acceptors (Lipinski definition) is 6. The van der Waals surface area contributed by atoms with Crippen LogP contribution in [0.4, 0.5) is 5.69 Å². The fourth-order valence-electron chi connectivity index (χ4n) is 6.43. The Labute approximate surface area is 232 Å². The number of ketones is 1. The first kappa shape index (κ1) is 25.6. The monoisotopic (exact) mass is 535 g/mol. The highest BCUT2D eigenvalue weighted by atomic mass is 16.5. The van der Waals surface area contributed by atoms with E-state index >= 15 is 0 Å². The van der Waals surface area contributed by atoms with Gasteiger partial charge < -0.3 is 14.2 Å². The van der Waals surface area contributed by atoms with E-state index in [1.807, 2.05) is 48.5 Å². The normalized spacial score (nSPS) is 22.5. The zero-order valence-corrected chi connectivity index (χ0v) is 22.7. The number of anilines is 1. The van der Waals surface area contributed by atoms with Gasteiger partial charge in [0.2, 0.25) is 11.8 Å². The van der Waals surface area contributed by atoms with E-state index < -0.39 is 11.8 Å². The number of carbonyl (C=O) groups is 3. The van der Waals surface area contributed by atoms with Gasteiger partial charge in [-0.1, -0.05) is 36.4 Å². The van der Waals surface area contributed by atoms with Crippen molar-refractivity contribution < 1.29 is 28.6 Å². The summed E-state index contributed by atoms with van der Waals surface area (Å²) in [4.78, 5) is 41.4. The summed E-state index contributed by atoms with van der Waals surface area (Å²) in [5.41, 5.74) is 4.75. The molecule has 1 saturated carbocycles. The molecular weight excluding hydrogens is 506 g/mol. The van der Waals surface area contributed by atoms with Crippen LogP contribution in [0.5, 0.6) is 17.2 Å². The molecule has 1 aliphatic heterocycles. The second-order valence-electron chi connectivity index (χ2n) is 10.2. The Morgan fingerprint density at radius 3 is 1.57 bits per heavy atom. The Bertz CT molecular complexity index is 1500. The van der Waals surface area contributed by atoms with E-state index in [4.69, 9.17) is 14.2 Å². The second kappa shape index (κ2) is 9.83. The zero-order chi connectivity index (χ0) is 28.1. The molecule has 3 aromatic carbocycles. The molecule has 0 aromatic heterocycles. The number of carbonyl (C=O) groups excluding carboxylic acids is 3. The van der Waals surface area contributed by atoms with Crippen LogP contribution in [0.25, 0.3) is 5.57 Å². The number of methoxy groups -OCH3 is 3. The van der Waals surface area contributed by atoms with E-state index in [1.54, 1.807) is 32.4 Å². The number of nitrogens with zero attached hydrogens (tertiary/aromatic N) is 1. The van der Waals surface area contributed by atoms with E-state index in [2.05, 4.69) is 12.2 Å². The first-order valence-corrected chi connectivity index (χ1v) is 13.2. The van der Waals surface area contributed by atoms with Crippen molar-refractivity contribution in [2.45, 2.75) is 6.92 Å². The van der Waals surface area contributed by atoms with Crippen molar-refractivity contribution in [1.82, 2.24) is 0 Å². The predicted molar refractivity (Wildman–Crippen MR) is 151 cm³/mol. The van der Waals surface area contributed by atoms with Crippen molar-refractivity contribution >= 4 is 28.9 Å². The Kier molecular flexibility index (Phi) is 6.29. The summed E-state index contributed by atoms with van der Waals surface area (Å²) in [6, 6.07) is 20.5. The number of benzene rings is 3. The van der Waals surface area contributed by atoms with Crippen LogP contribution in [-0.4, -0.2) is 38.9 Å². The first-order chi connectivity index (χ1) is 19.4. The summed E-state index contributed by atoms with van der Waals surface area (Å²) in [5, 5.41) is 0. The summed E-state index contributed by atoms with van der Waals surface area (Å²) in [6.45, 7) is 1.45. The van der Waals surface area contributed by atoms with Crippen LogP contribution in [0.1, 0.15) is 28.4 Å². The summed E-state index contributed by atoms with van der Waals surface area (Å²) < 4.78 is 16.2. The van der Waals surface area contributed by atoms with Gasteiger partial charge in [0.25, 0.3) is 0 Å². The topological polar surface area (TPSA) is 82.1 Å². The lowest BCUT2D eigenvalue weighted by Gasteiger charge is -2.23. The van der Waals surface area contributed by atoms with Crippen LogP contribution in [0, 0.1) is 23.7 Å². The molecule has 0 radical (unpaired) electrons. The van der Waals surface area contributed by atoms with Crippen molar-refractivity contribution in [1.29, 1.82) is 0 Å². The molecule has 0 unspecified atom stereocenters. The third-order valence-electron chi connectivity index (χ3n) is 8.29. The second-order valence-corrected chi connectivity index (χ2v) is 10.2. The molecule has 2 aliphatic carbocycles. The number of allylic oxidation sites excluding steroid dienone is 3. The van der Waals surface area contributed by atoms with Gasteiger partial charge >= 0.3 is 0 Å². The summed E-state index contributed by atoms with van der Waals surface area (Å²) in [7, 11) is 4.74. The maximum absolute atomic E-state index is 14.0. The third-order valence-corrected chi connectivity index (χ3v) is 8.29. The Morgan fingerprint density at radius 1 is 0.675 bits per heavy atom. The third kappa shape index (κ3) is 3.84. The minimum Gasteiger partial charge on any atom is -0.497 e. The maximum Gasteiger partial charge on any atom is 0.238 e. The van der Waals surface area contributed by atoms with Crippen molar-refractivity contribution in [3.63, 3.8) is 0 Å². The van der Waals surface area contributed by atoms with Gasteiger partial charge in [-0.15, -0.1) is 0 Å². The lowest BCUT2D eigenvalue weighted by atomic mass is 9.85.